The SMILES string of the molecule is CN1CCN(c2cc(F)cc(F)c2)c2ccc(F)cc2C1. The van der Waals surface area contributed by atoms with E-state index in [4.69, 9.17) is 0 Å². The summed E-state index contributed by atoms with van der Waals surface area (Å²) in [6.45, 7) is 1.90. The minimum absolute atomic E-state index is 0.311. The molecule has 5 heteroatoms. The largest absolute Gasteiger partial charge is 0.340 e. The number of halogens is 3. The summed E-state index contributed by atoms with van der Waals surface area (Å²) < 4.78 is 40.4. The summed E-state index contributed by atoms with van der Waals surface area (Å²) in [6.07, 6.45) is 0. The first-order chi connectivity index (χ1) is 10.0. The second-order valence-electron chi connectivity index (χ2n) is 5.29. The molecule has 2 nitrogen and oxygen atoms in total. The predicted octanol–water partition coefficient (Wildman–Crippen LogP) is 3.69. The Kier molecular flexibility index (Phi) is 3.59. The van der Waals surface area contributed by atoms with Gasteiger partial charge in [-0.05, 0) is 42.9 Å². The monoisotopic (exact) mass is 292 g/mol. The molecule has 0 aromatic heterocycles. The molecule has 1 aliphatic rings. The van der Waals surface area contributed by atoms with Crippen molar-refractivity contribution in [1.29, 1.82) is 0 Å². The molecule has 21 heavy (non-hydrogen) atoms. The third-order valence-electron chi connectivity index (χ3n) is 3.64. The lowest BCUT2D eigenvalue weighted by Crippen LogP contribution is -2.26. The second-order valence-corrected chi connectivity index (χ2v) is 5.29. The predicted molar refractivity (Wildman–Crippen MR) is 76.1 cm³/mol. The van der Waals surface area contributed by atoms with Crippen molar-refractivity contribution in [2.75, 3.05) is 25.0 Å². The first-order valence-corrected chi connectivity index (χ1v) is 6.73. The highest BCUT2D eigenvalue weighted by Crippen LogP contribution is 2.32. The molecule has 2 aromatic rings. The van der Waals surface area contributed by atoms with E-state index in [9.17, 15) is 13.2 Å². The number of hydrogen-bond acceptors (Lipinski definition) is 2. The Morgan fingerprint density at radius 2 is 1.57 bits per heavy atom. The molecule has 1 aliphatic heterocycles. The third kappa shape index (κ3) is 2.88. The summed E-state index contributed by atoms with van der Waals surface area (Å²) in [5.74, 6) is -1.55. The quantitative estimate of drug-likeness (QED) is 0.791. The van der Waals surface area contributed by atoms with Crippen LogP contribution in [0.1, 0.15) is 5.56 Å². The summed E-state index contributed by atoms with van der Waals surface area (Å²) >= 11 is 0. The topological polar surface area (TPSA) is 6.48 Å². The summed E-state index contributed by atoms with van der Waals surface area (Å²) in [4.78, 5) is 3.87. The van der Waals surface area contributed by atoms with Gasteiger partial charge in [0.15, 0.2) is 0 Å². The molecular weight excluding hydrogens is 277 g/mol. The zero-order chi connectivity index (χ0) is 15.0. The third-order valence-corrected chi connectivity index (χ3v) is 3.64. The molecule has 0 fully saturated rings. The first-order valence-electron chi connectivity index (χ1n) is 6.73. The summed E-state index contributed by atoms with van der Waals surface area (Å²) in [5, 5.41) is 0. The average Bonchev–Trinajstić information content (AvgIpc) is 2.55. The van der Waals surface area contributed by atoms with Crippen molar-refractivity contribution in [1.82, 2.24) is 4.90 Å². The number of likely N-dealkylation sites (N-methyl/N-ethyl adjacent to an activating group) is 1. The molecule has 0 unspecified atom stereocenters. The molecule has 0 amide bonds. The lowest BCUT2D eigenvalue weighted by atomic mass is 10.1. The molecule has 0 aliphatic carbocycles. The number of nitrogens with zero attached hydrogens (tertiary/aromatic N) is 2. The van der Waals surface area contributed by atoms with Gasteiger partial charge in [0.25, 0.3) is 0 Å². The fourth-order valence-electron chi connectivity index (χ4n) is 2.67. The summed E-state index contributed by atoms with van der Waals surface area (Å²) in [6, 6.07) is 7.93. The van der Waals surface area contributed by atoms with Crippen LogP contribution in [0.2, 0.25) is 0 Å². The molecular formula is C16H15F3N2. The molecule has 0 bridgehead atoms. The first kappa shape index (κ1) is 13.9. The van der Waals surface area contributed by atoms with Crippen LogP contribution >= 0.6 is 0 Å². The van der Waals surface area contributed by atoms with Gasteiger partial charge in [-0.1, -0.05) is 0 Å². The van der Waals surface area contributed by atoms with E-state index < -0.39 is 11.6 Å². The Hall–Kier alpha value is -2.01. The molecule has 0 atom stereocenters. The van der Waals surface area contributed by atoms with E-state index in [0.717, 1.165) is 17.3 Å². The molecule has 0 saturated carbocycles. The van der Waals surface area contributed by atoms with Crippen molar-refractivity contribution in [3.8, 4) is 0 Å². The highest BCUT2D eigenvalue weighted by Gasteiger charge is 2.20. The van der Waals surface area contributed by atoms with E-state index in [0.29, 0.717) is 25.3 Å². The molecule has 110 valence electrons. The standard InChI is InChI=1S/C16H15F3N2/c1-20-4-5-21(15-8-13(18)7-14(19)9-15)16-3-2-12(17)6-11(16)10-20/h2-3,6-9H,4-5,10H2,1H3. The van der Waals surface area contributed by atoms with Gasteiger partial charge in [0.2, 0.25) is 0 Å². The van der Waals surface area contributed by atoms with Crippen molar-refractivity contribution in [3.05, 3.63) is 59.4 Å². The van der Waals surface area contributed by atoms with E-state index in [2.05, 4.69) is 0 Å². The molecule has 3 rings (SSSR count). The Labute approximate surface area is 121 Å². The van der Waals surface area contributed by atoms with E-state index in [1.165, 1.54) is 24.3 Å². The Morgan fingerprint density at radius 1 is 0.857 bits per heavy atom. The summed E-state index contributed by atoms with van der Waals surface area (Å²) in [7, 11) is 1.93. The Balaban J connectivity index is 2.10. The van der Waals surface area contributed by atoms with Crippen LogP contribution in [0, 0.1) is 17.5 Å². The van der Waals surface area contributed by atoms with E-state index in [1.54, 1.807) is 6.07 Å². The van der Waals surface area contributed by atoms with E-state index in [1.807, 2.05) is 16.8 Å². The minimum atomic E-state index is -0.619. The number of rotatable bonds is 1. The van der Waals surface area contributed by atoms with Gasteiger partial charge in [-0.15, -0.1) is 0 Å². The highest BCUT2D eigenvalue weighted by molar-refractivity contribution is 5.67. The fourth-order valence-corrected chi connectivity index (χ4v) is 2.67. The van der Waals surface area contributed by atoms with Crippen LogP contribution in [-0.4, -0.2) is 25.0 Å². The Morgan fingerprint density at radius 3 is 2.29 bits per heavy atom. The normalized spacial score (nSPS) is 15.7. The van der Waals surface area contributed by atoms with Gasteiger partial charge in [0.1, 0.15) is 17.5 Å². The Bertz CT molecular complexity index is 652. The summed E-state index contributed by atoms with van der Waals surface area (Å²) in [5.41, 5.74) is 2.03. The van der Waals surface area contributed by atoms with Crippen LogP contribution in [0.3, 0.4) is 0 Å². The molecule has 2 aromatic carbocycles. The van der Waals surface area contributed by atoms with Gasteiger partial charge in [0.05, 0.1) is 0 Å². The number of benzene rings is 2. The zero-order valence-electron chi connectivity index (χ0n) is 11.6. The van der Waals surface area contributed by atoms with Crippen LogP contribution in [0.5, 0.6) is 0 Å². The molecule has 1 heterocycles. The van der Waals surface area contributed by atoms with Crippen LogP contribution in [-0.2, 0) is 6.54 Å². The number of hydrogen-bond donors (Lipinski definition) is 0. The molecule has 0 N–H and O–H groups in total. The highest BCUT2D eigenvalue weighted by atomic mass is 19.1. The van der Waals surface area contributed by atoms with Gasteiger partial charge in [0, 0.05) is 37.1 Å². The maximum atomic E-state index is 13.5. The second kappa shape index (κ2) is 5.41. The van der Waals surface area contributed by atoms with Gasteiger partial charge in [-0.2, -0.15) is 0 Å². The maximum Gasteiger partial charge on any atom is 0.128 e. The lowest BCUT2D eigenvalue weighted by Gasteiger charge is -2.25. The lowest BCUT2D eigenvalue weighted by molar-refractivity contribution is 0.343. The van der Waals surface area contributed by atoms with Gasteiger partial charge in [-0.3, -0.25) is 0 Å². The van der Waals surface area contributed by atoms with Crippen LogP contribution in [0.4, 0.5) is 24.5 Å². The van der Waals surface area contributed by atoms with Crippen LogP contribution < -0.4 is 4.90 Å². The van der Waals surface area contributed by atoms with Crippen molar-refractivity contribution >= 4 is 11.4 Å². The van der Waals surface area contributed by atoms with Crippen LogP contribution in [0.15, 0.2) is 36.4 Å². The van der Waals surface area contributed by atoms with Crippen molar-refractivity contribution in [2.45, 2.75) is 6.54 Å². The van der Waals surface area contributed by atoms with Crippen LogP contribution in [0.25, 0.3) is 0 Å². The molecule has 0 radical (unpaired) electrons. The van der Waals surface area contributed by atoms with E-state index in [-0.39, 0.29) is 5.82 Å². The van der Waals surface area contributed by atoms with Crippen molar-refractivity contribution in [2.24, 2.45) is 0 Å². The maximum absolute atomic E-state index is 13.5. The molecule has 0 saturated heterocycles. The average molecular weight is 292 g/mol. The minimum Gasteiger partial charge on any atom is -0.340 e. The molecule has 0 spiro atoms. The van der Waals surface area contributed by atoms with Crippen molar-refractivity contribution in [3.63, 3.8) is 0 Å². The fraction of sp³-hybridized carbons (Fsp3) is 0.250. The van der Waals surface area contributed by atoms with Gasteiger partial charge < -0.3 is 9.80 Å². The van der Waals surface area contributed by atoms with Crippen molar-refractivity contribution < 1.29 is 13.2 Å². The number of anilines is 2. The van der Waals surface area contributed by atoms with Gasteiger partial charge >= 0.3 is 0 Å². The zero-order valence-corrected chi connectivity index (χ0v) is 11.6. The van der Waals surface area contributed by atoms with E-state index >= 15 is 0 Å². The number of fused-ring (bicyclic) bond motifs is 1. The van der Waals surface area contributed by atoms with Gasteiger partial charge in [-0.25, -0.2) is 13.2 Å². The smallest absolute Gasteiger partial charge is 0.128 e.